The topological polar surface area (TPSA) is 47.4 Å². The molecule has 0 unspecified atom stereocenters. The molecule has 5 heteroatoms. The molecular formula is C16H21N3O2. The van der Waals surface area contributed by atoms with Crippen molar-refractivity contribution in [3.05, 3.63) is 30.1 Å². The molecule has 1 aliphatic heterocycles. The third-order valence-electron chi connectivity index (χ3n) is 4.17. The second kappa shape index (κ2) is 5.85. The predicted molar refractivity (Wildman–Crippen MR) is 81.2 cm³/mol. The van der Waals surface area contributed by atoms with Gasteiger partial charge in [0.1, 0.15) is 5.82 Å². The van der Waals surface area contributed by atoms with Crippen LogP contribution in [0.5, 0.6) is 0 Å². The van der Waals surface area contributed by atoms with Crippen LogP contribution in [0.2, 0.25) is 0 Å². The summed E-state index contributed by atoms with van der Waals surface area (Å²) in [5.41, 5.74) is 2.19. The molecule has 21 heavy (non-hydrogen) atoms. The molecule has 1 fully saturated rings. The molecule has 0 radical (unpaired) electrons. The highest BCUT2D eigenvalue weighted by Gasteiger charge is 2.28. The minimum absolute atomic E-state index is 0.182. The SMILES string of the molecule is COCCC(=O)N1CC[C@@H](n2c(C)nc3ccccc32)C1. The zero-order valence-electron chi connectivity index (χ0n) is 12.6. The summed E-state index contributed by atoms with van der Waals surface area (Å²) >= 11 is 0. The molecular weight excluding hydrogens is 266 g/mol. The molecule has 2 heterocycles. The summed E-state index contributed by atoms with van der Waals surface area (Å²) in [5.74, 6) is 1.20. The second-order valence-corrected chi connectivity index (χ2v) is 5.54. The molecule has 0 aliphatic carbocycles. The number of aromatic nitrogens is 2. The lowest BCUT2D eigenvalue weighted by Gasteiger charge is -2.18. The molecule has 0 saturated carbocycles. The minimum atomic E-state index is 0.182. The maximum absolute atomic E-state index is 12.1. The normalized spacial score (nSPS) is 18.6. The number of nitrogens with zero attached hydrogens (tertiary/aromatic N) is 3. The van der Waals surface area contributed by atoms with Crippen molar-refractivity contribution in [2.24, 2.45) is 0 Å². The average molecular weight is 287 g/mol. The van der Waals surface area contributed by atoms with E-state index in [1.165, 1.54) is 0 Å². The van der Waals surface area contributed by atoms with E-state index < -0.39 is 0 Å². The van der Waals surface area contributed by atoms with Crippen molar-refractivity contribution in [3.63, 3.8) is 0 Å². The van der Waals surface area contributed by atoms with Gasteiger partial charge in [0.2, 0.25) is 5.91 Å². The number of ether oxygens (including phenoxy) is 1. The van der Waals surface area contributed by atoms with Gasteiger partial charge < -0.3 is 14.2 Å². The molecule has 0 bridgehead atoms. The van der Waals surface area contributed by atoms with Crippen LogP contribution in [0.1, 0.15) is 24.7 Å². The number of aryl methyl sites for hydroxylation is 1. The Balaban J connectivity index is 1.79. The number of fused-ring (bicyclic) bond motifs is 1. The van der Waals surface area contributed by atoms with Crippen LogP contribution in [-0.2, 0) is 9.53 Å². The summed E-state index contributed by atoms with van der Waals surface area (Å²) in [4.78, 5) is 18.6. The van der Waals surface area contributed by atoms with E-state index in [1.807, 2.05) is 30.0 Å². The summed E-state index contributed by atoms with van der Waals surface area (Å²) in [7, 11) is 1.63. The van der Waals surface area contributed by atoms with Gasteiger partial charge in [-0.3, -0.25) is 4.79 Å². The molecule has 0 spiro atoms. The lowest BCUT2D eigenvalue weighted by molar-refractivity contribution is -0.131. The first-order valence-corrected chi connectivity index (χ1v) is 7.41. The standard InChI is InChI=1S/C16H21N3O2/c1-12-17-14-5-3-4-6-15(14)19(12)13-7-9-18(11-13)16(20)8-10-21-2/h3-6,13H,7-11H2,1-2H3/t13-/m1/s1. The highest BCUT2D eigenvalue weighted by Crippen LogP contribution is 2.28. The Kier molecular flexibility index (Phi) is 3.92. The number of benzene rings is 1. The average Bonchev–Trinajstić information content (AvgIpc) is 3.07. The van der Waals surface area contributed by atoms with E-state index in [9.17, 15) is 4.79 Å². The lowest BCUT2D eigenvalue weighted by atomic mass is 10.2. The highest BCUT2D eigenvalue weighted by atomic mass is 16.5. The van der Waals surface area contributed by atoms with Crippen LogP contribution < -0.4 is 0 Å². The third kappa shape index (κ3) is 2.65. The van der Waals surface area contributed by atoms with Gasteiger partial charge in [-0.1, -0.05) is 12.1 Å². The first-order chi connectivity index (χ1) is 10.2. The van der Waals surface area contributed by atoms with Gasteiger partial charge in [0.05, 0.1) is 30.1 Å². The van der Waals surface area contributed by atoms with Crippen LogP contribution in [0, 0.1) is 6.92 Å². The highest BCUT2D eigenvalue weighted by molar-refractivity contribution is 5.77. The van der Waals surface area contributed by atoms with Gasteiger partial charge in [-0.25, -0.2) is 4.98 Å². The van der Waals surface area contributed by atoms with Gasteiger partial charge in [0.25, 0.3) is 0 Å². The Morgan fingerprint density at radius 1 is 1.43 bits per heavy atom. The molecule has 3 rings (SSSR count). The van der Waals surface area contributed by atoms with E-state index in [0.717, 1.165) is 36.4 Å². The summed E-state index contributed by atoms with van der Waals surface area (Å²) in [6.07, 6.45) is 1.45. The van der Waals surface area contributed by atoms with Crippen LogP contribution in [0.4, 0.5) is 0 Å². The Bertz CT molecular complexity index is 650. The maximum atomic E-state index is 12.1. The quantitative estimate of drug-likeness (QED) is 0.865. The fourth-order valence-corrected chi connectivity index (χ4v) is 3.15. The van der Waals surface area contributed by atoms with Gasteiger partial charge in [-0.15, -0.1) is 0 Å². The monoisotopic (exact) mass is 287 g/mol. The summed E-state index contributed by atoms with van der Waals surface area (Å²) in [5, 5.41) is 0. The third-order valence-corrected chi connectivity index (χ3v) is 4.17. The molecule has 1 saturated heterocycles. The molecule has 1 aromatic heterocycles. The fourth-order valence-electron chi connectivity index (χ4n) is 3.15. The molecule has 5 nitrogen and oxygen atoms in total. The number of methoxy groups -OCH3 is 1. The van der Waals surface area contributed by atoms with Gasteiger partial charge in [0, 0.05) is 20.2 Å². The molecule has 1 atom stereocenters. The maximum Gasteiger partial charge on any atom is 0.224 e. The van der Waals surface area contributed by atoms with E-state index in [4.69, 9.17) is 4.74 Å². The number of rotatable bonds is 4. The van der Waals surface area contributed by atoms with Crippen molar-refractivity contribution in [2.45, 2.75) is 25.8 Å². The Morgan fingerprint density at radius 2 is 2.24 bits per heavy atom. The first kappa shape index (κ1) is 14.1. The zero-order chi connectivity index (χ0) is 14.8. The summed E-state index contributed by atoms with van der Waals surface area (Å²) in [6, 6.07) is 8.51. The number of para-hydroxylation sites is 2. The van der Waals surface area contributed by atoms with Crippen molar-refractivity contribution in [1.29, 1.82) is 0 Å². The van der Waals surface area contributed by atoms with Crippen LogP contribution >= 0.6 is 0 Å². The van der Waals surface area contributed by atoms with E-state index in [-0.39, 0.29) is 5.91 Å². The summed E-state index contributed by atoms with van der Waals surface area (Å²) < 4.78 is 7.26. The van der Waals surface area contributed by atoms with Gasteiger partial charge in [-0.2, -0.15) is 0 Å². The molecule has 0 N–H and O–H groups in total. The molecule has 1 aliphatic rings. The van der Waals surface area contributed by atoms with Crippen molar-refractivity contribution >= 4 is 16.9 Å². The van der Waals surface area contributed by atoms with Gasteiger partial charge in [-0.05, 0) is 25.5 Å². The number of likely N-dealkylation sites (tertiary alicyclic amines) is 1. The molecule has 112 valence electrons. The lowest BCUT2D eigenvalue weighted by Crippen LogP contribution is -2.29. The Morgan fingerprint density at radius 3 is 3.05 bits per heavy atom. The van der Waals surface area contributed by atoms with E-state index in [0.29, 0.717) is 19.1 Å². The van der Waals surface area contributed by atoms with Crippen LogP contribution in [0.25, 0.3) is 11.0 Å². The van der Waals surface area contributed by atoms with Gasteiger partial charge >= 0.3 is 0 Å². The van der Waals surface area contributed by atoms with E-state index >= 15 is 0 Å². The van der Waals surface area contributed by atoms with Crippen molar-refractivity contribution in [2.75, 3.05) is 26.8 Å². The van der Waals surface area contributed by atoms with Gasteiger partial charge in [0.15, 0.2) is 0 Å². The minimum Gasteiger partial charge on any atom is -0.384 e. The predicted octanol–water partition coefficient (Wildman–Crippen LogP) is 2.15. The molecule has 2 aromatic rings. The Hall–Kier alpha value is -1.88. The molecule has 1 amide bonds. The second-order valence-electron chi connectivity index (χ2n) is 5.54. The van der Waals surface area contributed by atoms with Crippen LogP contribution in [0.3, 0.4) is 0 Å². The fraction of sp³-hybridized carbons (Fsp3) is 0.500. The van der Waals surface area contributed by atoms with Crippen molar-refractivity contribution in [3.8, 4) is 0 Å². The number of carbonyl (C=O) groups is 1. The molecule has 1 aromatic carbocycles. The van der Waals surface area contributed by atoms with E-state index in [1.54, 1.807) is 7.11 Å². The van der Waals surface area contributed by atoms with Crippen LogP contribution in [0.15, 0.2) is 24.3 Å². The first-order valence-electron chi connectivity index (χ1n) is 7.41. The number of hydrogen-bond acceptors (Lipinski definition) is 3. The Labute approximate surface area is 124 Å². The smallest absolute Gasteiger partial charge is 0.224 e. The number of hydrogen-bond donors (Lipinski definition) is 0. The van der Waals surface area contributed by atoms with Crippen molar-refractivity contribution in [1.82, 2.24) is 14.5 Å². The van der Waals surface area contributed by atoms with Crippen molar-refractivity contribution < 1.29 is 9.53 Å². The number of carbonyl (C=O) groups excluding carboxylic acids is 1. The zero-order valence-corrected chi connectivity index (χ0v) is 12.6. The summed E-state index contributed by atoms with van der Waals surface area (Å²) in [6.45, 7) is 4.12. The largest absolute Gasteiger partial charge is 0.384 e. The number of imidazole rings is 1. The number of amides is 1. The van der Waals surface area contributed by atoms with Crippen LogP contribution in [-0.4, -0.2) is 47.2 Å². The van der Waals surface area contributed by atoms with E-state index in [2.05, 4.69) is 15.6 Å².